The summed E-state index contributed by atoms with van der Waals surface area (Å²) in [6.07, 6.45) is 0. The van der Waals surface area contributed by atoms with Gasteiger partial charge in [0.25, 0.3) is 0 Å². The summed E-state index contributed by atoms with van der Waals surface area (Å²) >= 11 is 12.4. The molecule has 5 heteroatoms. The molecular weight excluding hydrogens is 297 g/mol. The van der Waals surface area contributed by atoms with E-state index < -0.39 is 5.97 Å². The summed E-state index contributed by atoms with van der Waals surface area (Å²) < 4.78 is 0. The van der Waals surface area contributed by atoms with E-state index >= 15 is 0 Å². The summed E-state index contributed by atoms with van der Waals surface area (Å²) in [6.45, 7) is 3.74. The minimum atomic E-state index is -1.01. The lowest BCUT2D eigenvalue weighted by atomic mass is 10.1. The van der Waals surface area contributed by atoms with Gasteiger partial charge in [0.05, 0.1) is 27.0 Å². The van der Waals surface area contributed by atoms with Crippen LogP contribution in [0.3, 0.4) is 0 Å². The molecule has 0 atom stereocenters. The van der Waals surface area contributed by atoms with Gasteiger partial charge >= 0.3 is 5.97 Å². The zero-order valence-electron chi connectivity index (χ0n) is 11.0. The molecule has 104 valence electrons. The Morgan fingerprint density at radius 1 is 1.15 bits per heavy atom. The number of carboxylic acid groups (broad SMARTS) is 1. The third-order valence-electron chi connectivity index (χ3n) is 2.95. The van der Waals surface area contributed by atoms with Crippen LogP contribution in [0.1, 0.15) is 21.5 Å². The number of hydrogen-bond acceptors (Lipinski definition) is 2. The van der Waals surface area contributed by atoms with Crippen molar-refractivity contribution < 1.29 is 9.90 Å². The van der Waals surface area contributed by atoms with E-state index in [9.17, 15) is 9.90 Å². The van der Waals surface area contributed by atoms with Gasteiger partial charge in [-0.2, -0.15) is 0 Å². The minimum Gasteiger partial charge on any atom is -0.478 e. The van der Waals surface area contributed by atoms with E-state index in [0.29, 0.717) is 21.4 Å². The molecule has 0 aliphatic rings. The van der Waals surface area contributed by atoms with Gasteiger partial charge in [0.15, 0.2) is 0 Å². The molecule has 0 fully saturated rings. The van der Waals surface area contributed by atoms with Crippen LogP contribution in [0.4, 0.5) is 11.4 Å². The fraction of sp³-hybridized carbons (Fsp3) is 0.133. The van der Waals surface area contributed by atoms with Gasteiger partial charge in [-0.05, 0) is 43.2 Å². The molecule has 0 radical (unpaired) electrons. The van der Waals surface area contributed by atoms with E-state index in [4.69, 9.17) is 23.2 Å². The highest BCUT2D eigenvalue weighted by atomic mass is 35.5. The molecular formula is C15H13Cl2NO2. The highest BCUT2D eigenvalue weighted by Gasteiger charge is 2.14. The van der Waals surface area contributed by atoms with Crippen molar-refractivity contribution in [2.24, 2.45) is 0 Å². The maximum Gasteiger partial charge on any atom is 0.337 e. The Kier molecular flexibility index (Phi) is 4.21. The second-order valence-electron chi connectivity index (χ2n) is 4.53. The first-order valence-electron chi connectivity index (χ1n) is 5.95. The van der Waals surface area contributed by atoms with Gasteiger partial charge in [-0.3, -0.25) is 0 Å². The molecule has 0 heterocycles. The molecule has 2 rings (SSSR count). The highest BCUT2D eigenvalue weighted by molar-refractivity contribution is 6.39. The normalized spacial score (nSPS) is 10.4. The quantitative estimate of drug-likeness (QED) is 0.834. The predicted molar refractivity (Wildman–Crippen MR) is 82.6 cm³/mol. The number of anilines is 2. The zero-order valence-corrected chi connectivity index (χ0v) is 12.5. The molecule has 0 aliphatic heterocycles. The van der Waals surface area contributed by atoms with E-state index in [1.54, 1.807) is 24.3 Å². The average Bonchev–Trinajstić information content (AvgIpc) is 2.39. The Morgan fingerprint density at radius 2 is 1.85 bits per heavy atom. The van der Waals surface area contributed by atoms with Crippen molar-refractivity contribution in [1.29, 1.82) is 0 Å². The number of hydrogen-bond donors (Lipinski definition) is 2. The molecule has 0 unspecified atom stereocenters. The molecule has 2 N–H and O–H groups in total. The molecule has 0 aromatic heterocycles. The summed E-state index contributed by atoms with van der Waals surface area (Å²) in [7, 11) is 0. The Labute approximate surface area is 127 Å². The predicted octanol–water partition coefficient (Wildman–Crippen LogP) is 5.05. The Bertz CT molecular complexity index is 684. The van der Waals surface area contributed by atoms with Crippen molar-refractivity contribution in [2.75, 3.05) is 5.32 Å². The van der Waals surface area contributed by atoms with E-state index in [1.807, 2.05) is 19.9 Å². The summed E-state index contributed by atoms with van der Waals surface area (Å²) in [5.74, 6) is -1.01. The fourth-order valence-electron chi connectivity index (χ4n) is 1.85. The van der Waals surface area contributed by atoms with Gasteiger partial charge in [0.2, 0.25) is 0 Å². The van der Waals surface area contributed by atoms with Crippen molar-refractivity contribution in [2.45, 2.75) is 13.8 Å². The van der Waals surface area contributed by atoms with Gasteiger partial charge < -0.3 is 10.4 Å². The van der Waals surface area contributed by atoms with Crippen LogP contribution in [0.5, 0.6) is 0 Å². The van der Waals surface area contributed by atoms with Crippen LogP contribution in [-0.2, 0) is 0 Å². The third-order valence-corrected chi connectivity index (χ3v) is 3.75. The molecule has 3 nitrogen and oxygen atoms in total. The van der Waals surface area contributed by atoms with Crippen molar-refractivity contribution in [1.82, 2.24) is 0 Å². The third kappa shape index (κ3) is 2.89. The zero-order chi connectivity index (χ0) is 14.9. The lowest BCUT2D eigenvalue weighted by Gasteiger charge is -2.14. The molecule has 0 amide bonds. The van der Waals surface area contributed by atoms with Crippen LogP contribution in [0.2, 0.25) is 10.0 Å². The van der Waals surface area contributed by atoms with Crippen LogP contribution in [0.15, 0.2) is 30.3 Å². The molecule has 0 spiro atoms. The number of carboxylic acids is 1. The summed E-state index contributed by atoms with van der Waals surface area (Å²) in [6, 6.07) is 8.58. The molecule has 0 saturated carbocycles. The smallest absolute Gasteiger partial charge is 0.337 e. The monoisotopic (exact) mass is 309 g/mol. The molecule has 20 heavy (non-hydrogen) atoms. The maximum atomic E-state index is 11.3. The first-order valence-corrected chi connectivity index (χ1v) is 6.71. The maximum absolute atomic E-state index is 11.3. The van der Waals surface area contributed by atoms with Gasteiger partial charge in [-0.1, -0.05) is 35.3 Å². The topological polar surface area (TPSA) is 49.3 Å². The second-order valence-corrected chi connectivity index (χ2v) is 5.32. The SMILES string of the molecule is Cc1ccc(C(=O)O)c(Nc2c(Cl)ccc(C)c2Cl)c1. The average molecular weight is 310 g/mol. The second kappa shape index (κ2) is 5.73. The largest absolute Gasteiger partial charge is 0.478 e. The lowest BCUT2D eigenvalue weighted by molar-refractivity contribution is 0.0698. The number of halogens is 2. The van der Waals surface area contributed by atoms with Crippen LogP contribution in [-0.4, -0.2) is 11.1 Å². The van der Waals surface area contributed by atoms with Crippen molar-refractivity contribution in [3.63, 3.8) is 0 Å². The molecule has 0 saturated heterocycles. The van der Waals surface area contributed by atoms with E-state index in [1.165, 1.54) is 0 Å². The van der Waals surface area contributed by atoms with Crippen LogP contribution in [0, 0.1) is 13.8 Å². The van der Waals surface area contributed by atoms with E-state index in [2.05, 4.69) is 5.32 Å². The van der Waals surface area contributed by atoms with E-state index in [-0.39, 0.29) is 5.56 Å². The number of carbonyl (C=O) groups is 1. The summed E-state index contributed by atoms with van der Waals surface area (Å²) in [5.41, 5.74) is 2.96. The van der Waals surface area contributed by atoms with Gasteiger partial charge in [-0.15, -0.1) is 0 Å². The Balaban J connectivity index is 2.53. The lowest BCUT2D eigenvalue weighted by Crippen LogP contribution is -2.04. The van der Waals surface area contributed by atoms with Crippen molar-refractivity contribution in [3.8, 4) is 0 Å². The Morgan fingerprint density at radius 3 is 2.50 bits per heavy atom. The molecule has 0 bridgehead atoms. The fourth-order valence-corrected chi connectivity index (χ4v) is 2.32. The number of benzene rings is 2. The Hall–Kier alpha value is -1.71. The molecule has 2 aromatic rings. The van der Waals surface area contributed by atoms with Crippen molar-refractivity contribution >= 4 is 40.5 Å². The van der Waals surface area contributed by atoms with Crippen LogP contribution in [0.25, 0.3) is 0 Å². The summed E-state index contributed by atoms with van der Waals surface area (Å²) in [5, 5.41) is 13.2. The summed E-state index contributed by atoms with van der Waals surface area (Å²) in [4.78, 5) is 11.3. The highest BCUT2D eigenvalue weighted by Crippen LogP contribution is 2.36. The first kappa shape index (κ1) is 14.7. The van der Waals surface area contributed by atoms with Gasteiger partial charge in [0, 0.05) is 0 Å². The molecule has 2 aromatic carbocycles. The number of rotatable bonds is 3. The van der Waals surface area contributed by atoms with E-state index in [0.717, 1.165) is 11.1 Å². The molecule has 0 aliphatic carbocycles. The number of aryl methyl sites for hydroxylation is 2. The van der Waals surface area contributed by atoms with Crippen molar-refractivity contribution in [3.05, 3.63) is 57.1 Å². The van der Waals surface area contributed by atoms with Crippen LogP contribution >= 0.6 is 23.2 Å². The van der Waals surface area contributed by atoms with Gasteiger partial charge in [-0.25, -0.2) is 4.79 Å². The first-order chi connectivity index (χ1) is 9.40. The number of nitrogens with one attached hydrogen (secondary N) is 1. The van der Waals surface area contributed by atoms with Gasteiger partial charge in [0.1, 0.15) is 0 Å². The number of aromatic carboxylic acids is 1. The van der Waals surface area contributed by atoms with Crippen LogP contribution < -0.4 is 5.32 Å². The minimum absolute atomic E-state index is 0.171. The standard InChI is InChI=1S/C15H13Cl2NO2/c1-8-3-5-10(15(19)20)12(7-8)18-14-11(16)6-4-9(2)13(14)17/h3-7,18H,1-2H3,(H,19,20).